The summed E-state index contributed by atoms with van der Waals surface area (Å²) >= 11 is 0. The van der Waals surface area contributed by atoms with E-state index >= 15 is 0 Å². The zero-order chi connectivity index (χ0) is 21.7. The summed E-state index contributed by atoms with van der Waals surface area (Å²) in [6, 6.07) is 16.7. The van der Waals surface area contributed by atoms with Crippen LogP contribution < -0.4 is 10.6 Å². The van der Waals surface area contributed by atoms with Gasteiger partial charge in [-0.05, 0) is 87.9 Å². The number of rotatable bonds is 3. The second-order valence-electron chi connectivity index (χ2n) is 8.44. The van der Waals surface area contributed by atoms with Crippen molar-refractivity contribution in [3.05, 3.63) is 113 Å². The molecular weight excluding hydrogens is 411 g/mol. The van der Waals surface area contributed by atoms with Crippen LogP contribution in [-0.4, -0.2) is 10.2 Å². The van der Waals surface area contributed by atoms with Crippen LogP contribution in [-0.2, 0) is 6.42 Å². The van der Waals surface area contributed by atoms with Crippen molar-refractivity contribution in [3.8, 4) is 5.75 Å². The van der Waals surface area contributed by atoms with Crippen molar-refractivity contribution in [2.24, 2.45) is 0 Å². The van der Waals surface area contributed by atoms with Crippen molar-refractivity contribution < 1.29 is 10.2 Å². The molecule has 3 aliphatic rings. The van der Waals surface area contributed by atoms with Crippen LogP contribution in [0.15, 0.2) is 96.1 Å². The van der Waals surface area contributed by atoms with Crippen LogP contribution >= 0.6 is 7.92 Å². The topological polar surface area (TPSA) is 40.5 Å². The molecule has 0 fully saturated rings. The molecule has 0 radical (unpaired) electrons. The molecule has 0 spiro atoms. The van der Waals surface area contributed by atoms with E-state index in [0.29, 0.717) is 12.2 Å². The Bertz CT molecular complexity index is 1400. The Balaban J connectivity index is 1.63. The minimum Gasteiger partial charge on any atom is -0.512 e. The van der Waals surface area contributed by atoms with Gasteiger partial charge in [0.05, 0.1) is 5.76 Å². The molecule has 2 N–H and O–H groups in total. The van der Waals surface area contributed by atoms with Crippen LogP contribution in [0.25, 0.3) is 22.4 Å². The smallest absolute Gasteiger partial charge is 0.115 e. The van der Waals surface area contributed by atoms with Gasteiger partial charge in [-0.15, -0.1) is 0 Å². The van der Waals surface area contributed by atoms with Gasteiger partial charge in [0.25, 0.3) is 0 Å². The van der Waals surface area contributed by atoms with Crippen molar-refractivity contribution in [2.75, 3.05) is 0 Å². The quantitative estimate of drug-likeness (QED) is 0.455. The molecule has 1 atom stereocenters. The van der Waals surface area contributed by atoms with Crippen LogP contribution in [0, 0.1) is 0 Å². The molecule has 3 aliphatic carbocycles. The summed E-state index contributed by atoms with van der Waals surface area (Å²) in [5, 5.41) is 26.4. The molecule has 0 saturated carbocycles. The number of phenols is 1. The molecule has 0 aromatic heterocycles. The molecule has 0 amide bonds. The molecule has 0 aliphatic heterocycles. The van der Waals surface area contributed by atoms with Crippen LogP contribution in [0.3, 0.4) is 0 Å². The minimum absolute atomic E-state index is 0.275. The first kappa shape index (κ1) is 19.3. The summed E-state index contributed by atoms with van der Waals surface area (Å²) in [6.07, 6.45) is 17.5. The van der Waals surface area contributed by atoms with E-state index in [1.165, 1.54) is 49.0 Å². The average molecular weight is 434 g/mol. The highest BCUT2D eigenvalue weighted by Gasteiger charge is 2.25. The van der Waals surface area contributed by atoms with E-state index in [9.17, 15) is 10.2 Å². The Hall–Kier alpha value is -3.35. The van der Waals surface area contributed by atoms with E-state index in [1.54, 1.807) is 12.1 Å². The van der Waals surface area contributed by atoms with E-state index in [4.69, 9.17) is 0 Å². The first-order valence-electron chi connectivity index (χ1n) is 11.0. The second kappa shape index (κ2) is 7.65. The average Bonchev–Trinajstić information content (AvgIpc) is 3.04. The van der Waals surface area contributed by atoms with Crippen molar-refractivity contribution in [2.45, 2.75) is 19.3 Å². The lowest BCUT2D eigenvalue weighted by atomic mass is 9.81. The summed E-state index contributed by atoms with van der Waals surface area (Å²) < 4.78 is 0. The Morgan fingerprint density at radius 1 is 0.750 bits per heavy atom. The molecule has 0 saturated heterocycles. The summed E-state index contributed by atoms with van der Waals surface area (Å²) in [6.45, 7) is 0. The van der Waals surface area contributed by atoms with E-state index in [2.05, 4.69) is 54.6 Å². The number of benzene rings is 3. The van der Waals surface area contributed by atoms with E-state index in [-0.39, 0.29) is 5.75 Å². The molecule has 156 valence electrons. The lowest BCUT2D eigenvalue weighted by Gasteiger charge is -2.27. The molecular formula is C29H23O2P. The summed E-state index contributed by atoms with van der Waals surface area (Å²) in [7, 11) is -0.863. The first-order valence-corrected chi connectivity index (χ1v) is 12.3. The number of hydrogen-bond donors (Lipinski definition) is 2. The molecule has 3 aromatic rings. The SMILES string of the molecule is OC1=CC=C(P(c2ccc(O)cc2)c2ccc3c4c5c(ccc24)C=CCC5=CC3)C=CC1. The van der Waals surface area contributed by atoms with E-state index < -0.39 is 7.92 Å². The van der Waals surface area contributed by atoms with Gasteiger partial charge >= 0.3 is 0 Å². The Morgan fingerprint density at radius 2 is 1.59 bits per heavy atom. The van der Waals surface area contributed by atoms with Crippen molar-refractivity contribution in [3.63, 3.8) is 0 Å². The Morgan fingerprint density at radius 3 is 2.47 bits per heavy atom. The van der Waals surface area contributed by atoms with Gasteiger partial charge in [-0.25, -0.2) is 0 Å². The summed E-state index contributed by atoms with van der Waals surface area (Å²) in [4.78, 5) is 0. The normalized spacial score (nSPS) is 17.4. The van der Waals surface area contributed by atoms with Crippen molar-refractivity contribution in [1.29, 1.82) is 0 Å². The molecule has 6 rings (SSSR count). The van der Waals surface area contributed by atoms with Gasteiger partial charge in [-0.1, -0.05) is 72.9 Å². The maximum absolute atomic E-state index is 10.1. The van der Waals surface area contributed by atoms with Crippen molar-refractivity contribution >= 4 is 41.0 Å². The fourth-order valence-corrected chi connectivity index (χ4v) is 7.42. The molecule has 3 heteroatoms. The third-order valence-corrected chi connectivity index (χ3v) is 8.97. The third kappa shape index (κ3) is 3.15. The van der Waals surface area contributed by atoms with Crippen LogP contribution in [0.4, 0.5) is 0 Å². The Kier molecular flexibility index (Phi) is 4.63. The lowest BCUT2D eigenvalue weighted by molar-refractivity contribution is 0.402. The fourth-order valence-electron chi connectivity index (χ4n) is 4.99. The zero-order valence-electron chi connectivity index (χ0n) is 17.6. The number of aromatic hydroxyl groups is 1. The van der Waals surface area contributed by atoms with Gasteiger partial charge in [-0.2, -0.15) is 0 Å². The summed E-state index contributed by atoms with van der Waals surface area (Å²) in [5.41, 5.74) is 5.54. The highest BCUT2D eigenvalue weighted by molar-refractivity contribution is 7.77. The van der Waals surface area contributed by atoms with Crippen LogP contribution in [0.1, 0.15) is 29.5 Å². The standard InChI is InChI=1S/C29H23O2P/c30-22-5-2-6-24(14-11-22)32(25-15-12-23(31)13-16-25)27-18-10-21-8-7-19-3-1-4-20-9-17-26(27)29(21)28(19)20/h1-2,4,6-7,9-18,30-31H,3,5,8H2. The summed E-state index contributed by atoms with van der Waals surface area (Å²) in [5.74, 6) is 0.652. The molecule has 1 unspecified atom stereocenters. The predicted molar refractivity (Wildman–Crippen MR) is 136 cm³/mol. The third-order valence-electron chi connectivity index (χ3n) is 6.47. The first-order chi connectivity index (χ1) is 15.7. The van der Waals surface area contributed by atoms with Gasteiger partial charge in [0.1, 0.15) is 5.75 Å². The van der Waals surface area contributed by atoms with E-state index in [1.807, 2.05) is 24.3 Å². The van der Waals surface area contributed by atoms with Gasteiger partial charge in [-0.3, -0.25) is 0 Å². The molecule has 32 heavy (non-hydrogen) atoms. The zero-order valence-corrected chi connectivity index (χ0v) is 18.5. The number of allylic oxidation sites excluding steroid dienone is 8. The van der Waals surface area contributed by atoms with Crippen LogP contribution in [0.5, 0.6) is 5.75 Å². The Labute approximate surface area is 189 Å². The monoisotopic (exact) mass is 434 g/mol. The second-order valence-corrected chi connectivity index (χ2v) is 10.6. The molecule has 3 aromatic carbocycles. The van der Waals surface area contributed by atoms with Crippen LogP contribution in [0.2, 0.25) is 0 Å². The lowest BCUT2D eigenvalue weighted by Crippen LogP contribution is -2.16. The largest absolute Gasteiger partial charge is 0.512 e. The van der Waals surface area contributed by atoms with E-state index in [0.717, 1.165) is 12.8 Å². The number of aliphatic hydroxyl groups is 1. The number of hydrogen-bond acceptors (Lipinski definition) is 2. The fraction of sp³-hybridized carbons (Fsp3) is 0.103. The minimum atomic E-state index is -0.863. The predicted octanol–water partition coefficient (Wildman–Crippen LogP) is 6.62. The highest BCUT2D eigenvalue weighted by Crippen LogP contribution is 2.48. The number of aliphatic hydroxyl groups excluding tert-OH is 1. The van der Waals surface area contributed by atoms with Gasteiger partial charge in [0.15, 0.2) is 0 Å². The molecule has 0 heterocycles. The highest BCUT2D eigenvalue weighted by atomic mass is 31.1. The van der Waals surface area contributed by atoms with Gasteiger partial charge < -0.3 is 10.2 Å². The maximum Gasteiger partial charge on any atom is 0.115 e. The van der Waals surface area contributed by atoms with Crippen molar-refractivity contribution in [1.82, 2.24) is 0 Å². The van der Waals surface area contributed by atoms with Gasteiger partial charge in [0, 0.05) is 6.42 Å². The molecule has 0 bridgehead atoms. The maximum atomic E-state index is 10.1. The number of phenolic OH excluding ortho intramolecular Hbond substituents is 1. The molecule has 2 nitrogen and oxygen atoms in total. The van der Waals surface area contributed by atoms with Gasteiger partial charge in [0.2, 0.25) is 0 Å².